The molecule has 5 rings (SSSR count). The highest BCUT2D eigenvalue weighted by Crippen LogP contribution is 2.26. The Labute approximate surface area is 209 Å². The van der Waals surface area contributed by atoms with Gasteiger partial charge in [0.1, 0.15) is 23.9 Å². The molecule has 3 heterocycles. The van der Waals surface area contributed by atoms with E-state index >= 15 is 0 Å². The number of hydrogen-bond donors (Lipinski definition) is 1. The molecule has 36 heavy (non-hydrogen) atoms. The van der Waals surface area contributed by atoms with Gasteiger partial charge in [0.2, 0.25) is 11.8 Å². The maximum absolute atomic E-state index is 13.8. The highest BCUT2D eigenvalue weighted by atomic mass is 16.5. The second-order valence-electron chi connectivity index (χ2n) is 9.03. The summed E-state index contributed by atoms with van der Waals surface area (Å²) in [6.07, 6.45) is 3.44. The number of rotatable bonds is 9. The predicted molar refractivity (Wildman–Crippen MR) is 133 cm³/mol. The molecular formula is C27H29N5O4. The number of hydrogen-bond acceptors (Lipinski definition) is 6. The summed E-state index contributed by atoms with van der Waals surface area (Å²) < 4.78 is 12.8. The van der Waals surface area contributed by atoms with Crippen molar-refractivity contribution < 1.29 is 18.7 Å². The van der Waals surface area contributed by atoms with Crippen LogP contribution in [0.1, 0.15) is 35.8 Å². The van der Waals surface area contributed by atoms with Crippen LogP contribution in [0.2, 0.25) is 0 Å². The van der Waals surface area contributed by atoms with Crippen LogP contribution in [0.4, 0.5) is 0 Å². The number of carbonyl (C=O) groups is 2. The van der Waals surface area contributed by atoms with E-state index in [0.717, 1.165) is 23.9 Å². The largest absolute Gasteiger partial charge is 0.467 e. The van der Waals surface area contributed by atoms with Crippen molar-refractivity contribution in [3.8, 4) is 0 Å². The molecule has 0 spiro atoms. The number of nitrogens with zero attached hydrogens (tertiary/aromatic N) is 4. The van der Waals surface area contributed by atoms with Crippen molar-refractivity contribution in [2.24, 2.45) is 0 Å². The fraction of sp³-hybridized carbons (Fsp3) is 0.333. The summed E-state index contributed by atoms with van der Waals surface area (Å²) in [5.74, 6) is 0.0356. The second kappa shape index (κ2) is 10.7. The summed E-state index contributed by atoms with van der Waals surface area (Å²) in [5, 5.41) is 11.3. The van der Waals surface area contributed by atoms with Gasteiger partial charge in [-0.3, -0.25) is 9.59 Å². The molecule has 1 fully saturated rings. The maximum atomic E-state index is 13.8. The average molecular weight is 488 g/mol. The molecule has 2 amide bonds. The number of fused-ring (bicyclic) bond motifs is 1. The van der Waals surface area contributed by atoms with E-state index in [-0.39, 0.29) is 31.0 Å². The number of nitrogens with one attached hydrogen (secondary N) is 1. The third-order valence-corrected chi connectivity index (χ3v) is 6.41. The van der Waals surface area contributed by atoms with Crippen molar-refractivity contribution in [3.05, 3.63) is 83.8 Å². The number of ether oxygens (including phenoxy) is 1. The highest BCUT2D eigenvalue weighted by Gasteiger charge is 2.33. The summed E-state index contributed by atoms with van der Waals surface area (Å²) in [4.78, 5) is 29.0. The van der Waals surface area contributed by atoms with E-state index in [1.54, 1.807) is 28.0 Å². The van der Waals surface area contributed by atoms with E-state index in [9.17, 15) is 9.59 Å². The molecule has 4 aromatic rings. The standard InChI is InChI=1S/C27H29N5O4/c1-19-10-12-20(13-11-19)26(27(34)28-16-21-6-4-14-35-21)31(17-22-7-5-15-36-22)25(33)18-32-24-9-3-2-8-23(24)29-30-32/h2-3,5,7-13,15,21,26H,4,6,14,16-18H2,1H3,(H,28,34)/t21-,26-/m1/s1. The lowest BCUT2D eigenvalue weighted by Gasteiger charge is -2.31. The van der Waals surface area contributed by atoms with Gasteiger partial charge in [0, 0.05) is 13.2 Å². The first-order valence-electron chi connectivity index (χ1n) is 12.1. The predicted octanol–water partition coefficient (Wildman–Crippen LogP) is 3.40. The van der Waals surface area contributed by atoms with Crippen LogP contribution in [-0.4, -0.2) is 51.0 Å². The Morgan fingerprint density at radius 2 is 1.97 bits per heavy atom. The van der Waals surface area contributed by atoms with Crippen molar-refractivity contribution in [2.45, 2.75) is 45.0 Å². The highest BCUT2D eigenvalue weighted by molar-refractivity contribution is 5.89. The maximum Gasteiger partial charge on any atom is 0.247 e. The molecule has 2 aromatic carbocycles. The van der Waals surface area contributed by atoms with Gasteiger partial charge in [0.05, 0.1) is 24.4 Å². The van der Waals surface area contributed by atoms with Crippen LogP contribution < -0.4 is 5.32 Å². The summed E-state index contributed by atoms with van der Waals surface area (Å²) in [6.45, 7) is 3.15. The van der Waals surface area contributed by atoms with Crippen molar-refractivity contribution >= 4 is 22.8 Å². The van der Waals surface area contributed by atoms with Crippen LogP contribution in [0.3, 0.4) is 0 Å². The number of benzene rings is 2. The molecule has 0 unspecified atom stereocenters. The number of para-hydroxylation sites is 1. The molecular weight excluding hydrogens is 458 g/mol. The summed E-state index contributed by atoms with van der Waals surface area (Å²) >= 11 is 0. The van der Waals surface area contributed by atoms with Crippen molar-refractivity contribution in [1.29, 1.82) is 0 Å². The fourth-order valence-corrected chi connectivity index (χ4v) is 4.48. The third-order valence-electron chi connectivity index (χ3n) is 6.41. The van der Waals surface area contributed by atoms with Gasteiger partial charge in [0.15, 0.2) is 0 Å². The van der Waals surface area contributed by atoms with E-state index in [0.29, 0.717) is 30.0 Å². The van der Waals surface area contributed by atoms with Gasteiger partial charge in [-0.25, -0.2) is 4.68 Å². The zero-order chi connectivity index (χ0) is 24.9. The van der Waals surface area contributed by atoms with Gasteiger partial charge in [-0.1, -0.05) is 47.2 Å². The van der Waals surface area contributed by atoms with Crippen molar-refractivity contribution in [2.75, 3.05) is 13.2 Å². The lowest BCUT2D eigenvalue weighted by Crippen LogP contribution is -2.46. The molecule has 0 bridgehead atoms. The number of furan rings is 1. The minimum Gasteiger partial charge on any atom is -0.467 e. The summed E-state index contributed by atoms with van der Waals surface area (Å²) in [6, 6.07) is 17.8. The number of amides is 2. The quantitative estimate of drug-likeness (QED) is 0.388. The molecule has 1 aliphatic heterocycles. The average Bonchev–Trinajstić information content (AvgIpc) is 3.67. The molecule has 0 radical (unpaired) electrons. The van der Waals surface area contributed by atoms with E-state index in [4.69, 9.17) is 9.15 Å². The SMILES string of the molecule is Cc1ccc([C@H](C(=O)NC[C@H]2CCCO2)N(Cc2ccco2)C(=O)Cn2nnc3ccccc32)cc1. The van der Waals surface area contributed by atoms with Gasteiger partial charge < -0.3 is 19.4 Å². The molecule has 1 aliphatic rings. The van der Waals surface area contributed by atoms with Gasteiger partial charge >= 0.3 is 0 Å². The Morgan fingerprint density at radius 1 is 1.14 bits per heavy atom. The van der Waals surface area contributed by atoms with Crippen LogP contribution in [0.15, 0.2) is 71.3 Å². The normalized spacial score (nSPS) is 16.2. The van der Waals surface area contributed by atoms with Crippen LogP contribution >= 0.6 is 0 Å². The van der Waals surface area contributed by atoms with Crippen LogP contribution in [0.5, 0.6) is 0 Å². The van der Waals surface area contributed by atoms with Crippen LogP contribution in [0.25, 0.3) is 11.0 Å². The Hall–Kier alpha value is -3.98. The zero-order valence-corrected chi connectivity index (χ0v) is 20.2. The molecule has 2 aromatic heterocycles. The fourth-order valence-electron chi connectivity index (χ4n) is 4.48. The molecule has 2 atom stereocenters. The second-order valence-corrected chi connectivity index (χ2v) is 9.03. The zero-order valence-electron chi connectivity index (χ0n) is 20.2. The van der Waals surface area contributed by atoms with E-state index in [1.807, 2.05) is 55.5 Å². The van der Waals surface area contributed by atoms with Gasteiger partial charge in [-0.05, 0) is 49.6 Å². The number of aryl methyl sites for hydroxylation is 1. The topological polar surface area (TPSA) is 102 Å². The Kier molecular flexibility index (Phi) is 7.08. The van der Waals surface area contributed by atoms with E-state index in [1.165, 1.54) is 0 Å². The third kappa shape index (κ3) is 5.31. The number of carbonyl (C=O) groups excluding carboxylic acids is 2. The molecule has 1 N–H and O–H groups in total. The molecule has 9 nitrogen and oxygen atoms in total. The molecule has 9 heteroatoms. The van der Waals surface area contributed by atoms with Crippen LogP contribution in [0, 0.1) is 6.92 Å². The minimum absolute atomic E-state index is 0.0108. The van der Waals surface area contributed by atoms with Gasteiger partial charge in [-0.15, -0.1) is 5.10 Å². The first kappa shape index (κ1) is 23.7. The monoisotopic (exact) mass is 487 g/mol. The summed E-state index contributed by atoms with van der Waals surface area (Å²) in [7, 11) is 0. The first-order chi connectivity index (χ1) is 17.6. The van der Waals surface area contributed by atoms with Crippen molar-refractivity contribution in [1.82, 2.24) is 25.2 Å². The minimum atomic E-state index is -0.862. The first-order valence-corrected chi connectivity index (χ1v) is 12.1. The number of aromatic nitrogens is 3. The molecule has 0 saturated carbocycles. The van der Waals surface area contributed by atoms with Crippen molar-refractivity contribution in [3.63, 3.8) is 0 Å². The van der Waals surface area contributed by atoms with E-state index in [2.05, 4.69) is 15.6 Å². The van der Waals surface area contributed by atoms with E-state index < -0.39 is 6.04 Å². The Balaban J connectivity index is 1.47. The van der Waals surface area contributed by atoms with Gasteiger partial charge in [0.25, 0.3) is 0 Å². The van der Waals surface area contributed by atoms with Crippen LogP contribution in [-0.2, 0) is 27.4 Å². The molecule has 186 valence electrons. The Morgan fingerprint density at radius 3 is 2.72 bits per heavy atom. The molecule has 1 saturated heterocycles. The molecule has 0 aliphatic carbocycles. The Bertz CT molecular complexity index is 1310. The lowest BCUT2D eigenvalue weighted by atomic mass is 10.0. The van der Waals surface area contributed by atoms with Gasteiger partial charge in [-0.2, -0.15) is 0 Å². The summed E-state index contributed by atoms with van der Waals surface area (Å²) in [5.41, 5.74) is 3.23. The lowest BCUT2D eigenvalue weighted by molar-refractivity contribution is -0.142. The smallest absolute Gasteiger partial charge is 0.247 e.